The second-order valence-corrected chi connectivity index (χ2v) is 11.5. The Hall–Kier alpha value is -3.67. The Morgan fingerprint density at radius 3 is 2.67 bits per heavy atom. The molecule has 204 valence electrons. The van der Waals surface area contributed by atoms with E-state index in [1.807, 2.05) is 24.3 Å². The third-order valence-electron chi connectivity index (χ3n) is 7.82. The van der Waals surface area contributed by atoms with Crippen LogP contribution in [0.2, 0.25) is 0 Å². The molecule has 0 saturated carbocycles. The van der Waals surface area contributed by atoms with Crippen molar-refractivity contribution < 1.29 is 19.1 Å². The number of hydrogen-bond acceptors (Lipinski definition) is 6. The van der Waals surface area contributed by atoms with E-state index in [-0.39, 0.29) is 23.2 Å². The number of carbonyl (C=O) groups is 2. The maximum atomic E-state index is 13.7. The zero-order valence-electron chi connectivity index (χ0n) is 23.4. The maximum Gasteiger partial charge on any atom is 0.311 e. The maximum absolute atomic E-state index is 13.7. The highest BCUT2D eigenvalue weighted by Gasteiger charge is 2.41. The number of Topliss-reactive ketones (excluding diaryl/α,β-unsaturated/α-hetero) is 1. The summed E-state index contributed by atoms with van der Waals surface area (Å²) in [4.78, 5) is 30.7. The van der Waals surface area contributed by atoms with E-state index >= 15 is 0 Å². The topological polar surface area (TPSA) is 77.5 Å². The molecule has 0 unspecified atom stereocenters. The third-order valence-corrected chi connectivity index (χ3v) is 7.82. The number of carbonyl (C=O) groups excluding carboxylic acids is 2. The first-order valence-corrected chi connectivity index (χ1v) is 14.1. The van der Waals surface area contributed by atoms with Crippen LogP contribution in [0.15, 0.2) is 54.2 Å². The number of anilines is 1. The van der Waals surface area contributed by atoms with Crippen LogP contribution in [0.3, 0.4) is 0 Å². The molecule has 0 bridgehead atoms. The number of allylic oxidation sites excluding steroid dienone is 1. The average Bonchev–Trinajstić information content (AvgIpc) is 2.91. The van der Waals surface area contributed by atoms with Gasteiger partial charge in [0.1, 0.15) is 0 Å². The first-order valence-electron chi connectivity index (χ1n) is 14.1. The molecule has 0 fully saturated rings. The van der Waals surface area contributed by atoms with Crippen molar-refractivity contribution in [2.75, 3.05) is 12.4 Å². The summed E-state index contributed by atoms with van der Waals surface area (Å²) >= 11 is 0. The summed E-state index contributed by atoms with van der Waals surface area (Å²) in [6, 6.07) is 13.4. The fourth-order valence-corrected chi connectivity index (χ4v) is 5.96. The molecule has 1 atom stereocenters. The number of benzene rings is 2. The number of fused-ring (bicyclic) bond motifs is 4. The van der Waals surface area contributed by atoms with Gasteiger partial charge < -0.3 is 14.8 Å². The number of nitrogens with one attached hydrogen (secondary N) is 1. The highest BCUT2D eigenvalue weighted by Crippen LogP contribution is 2.52. The van der Waals surface area contributed by atoms with Crippen LogP contribution >= 0.6 is 0 Å². The number of ketones is 1. The van der Waals surface area contributed by atoms with Gasteiger partial charge in [0.15, 0.2) is 17.3 Å². The van der Waals surface area contributed by atoms with E-state index in [1.54, 1.807) is 19.4 Å². The highest BCUT2D eigenvalue weighted by molar-refractivity contribution is 6.12. The lowest BCUT2D eigenvalue weighted by atomic mass is 9.68. The predicted molar refractivity (Wildman–Crippen MR) is 155 cm³/mol. The SMILES string of the molecule is CCCCCCCC(=O)Oc1ccc([C@@H]2Nc3ccc4ncccc4c3C3=C2C(=O)CC(C)(C)C3)cc1OC. The Morgan fingerprint density at radius 2 is 1.87 bits per heavy atom. The van der Waals surface area contributed by atoms with Crippen molar-refractivity contribution >= 4 is 33.9 Å². The Bertz CT molecular complexity index is 1440. The number of hydrogen-bond donors (Lipinski definition) is 1. The van der Waals surface area contributed by atoms with Crippen LogP contribution < -0.4 is 14.8 Å². The number of esters is 1. The van der Waals surface area contributed by atoms with Crippen LogP contribution in [0.4, 0.5) is 5.69 Å². The summed E-state index contributed by atoms with van der Waals surface area (Å²) in [6.07, 6.45) is 8.84. The van der Waals surface area contributed by atoms with Crippen LogP contribution in [0.1, 0.15) is 89.3 Å². The zero-order chi connectivity index (χ0) is 27.6. The first kappa shape index (κ1) is 26.9. The van der Waals surface area contributed by atoms with Crippen molar-refractivity contribution in [1.82, 2.24) is 4.98 Å². The van der Waals surface area contributed by atoms with Gasteiger partial charge >= 0.3 is 5.97 Å². The lowest BCUT2D eigenvalue weighted by Gasteiger charge is -2.40. The molecule has 0 amide bonds. The molecule has 2 aliphatic rings. The number of rotatable bonds is 9. The zero-order valence-corrected chi connectivity index (χ0v) is 23.4. The van der Waals surface area contributed by atoms with Gasteiger partial charge in [0.25, 0.3) is 0 Å². The molecule has 1 aliphatic heterocycles. The largest absolute Gasteiger partial charge is 0.493 e. The van der Waals surface area contributed by atoms with Crippen LogP contribution in [-0.4, -0.2) is 23.8 Å². The monoisotopic (exact) mass is 526 g/mol. The Balaban J connectivity index is 1.48. The molecule has 0 spiro atoms. The molecule has 6 nitrogen and oxygen atoms in total. The van der Waals surface area contributed by atoms with Gasteiger partial charge in [-0.1, -0.05) is 58.6 Å². The molecule has 6 heteroatoms. The van der Waals surface area contributed by atoms with Gasteiger partial charge in [-0.25, -0.2) is 0 Å². The van der Waals surface area contributed by atoms with E-state index in [2.05, 4.69) is 43.2 Å². The number of pyridine rings is 1. The van der Waals surface area contributed by atoms with Crippen LogP contribution in [0.25, 0.3) is 16.5 Å². The molecular formula is C33H38N2O4. The highest BCUT2D eigenvalue weighted by atomic mass is 16.6. The Labute approximate surface area is 230 Å². The molecule has 2 heterocycles. The van der Waals surface area contributed by atoms with Crippen molar-refractivity contribution in [3.63, 3.8) is 0 Å². The fourth-order valence-electron chi connectivity index (χ4n) is 5.96. The average molecular weight is 527 g/mol. The number of ether oxygens (including phenoxy) is 2. The fraction of sp³-hybridized carbons (Fsp3) is 0.424. The van der Waals surface area contributed by atoms with E-state index in [0.717, 1.165) is 64.5 Å². The molecule has 1 aromatic heterocycles. The minimum absolute atomic E-state index is 0.133. The smallest absolute Gasteiger partial charge is 0.311 e. The van der Waals surface area contributed by atoms with Crippen LogP contribution in [-0.2, 0) is 9.59 Å². The minimum Gasteiger partial charge on any atom is -0.493 e. The quantitative estimate of drug-likeness (QED) is 0.174. The van der Waals surface area contributed by atoms with E-state index in [4.69, 9.17) is 9.47 Å². The van der Waals surface area contributed by atoms with Crippen molar-refractivity contribution in [3.8, 4) is 11.5 Å². The lowest BCUT2D eigenvalue weighted by molar-refractivity contribution is -0.134. The van der Waals surface area contributed by atoms with Crippen molar-refractivity contribution in [2.24, 2.45) is 5.41 Å². The van der Waals surface area contributed by atoms with Gasteiger partial charge in [0, 0.05) is 41.2 Å². The summed E-state index contributed by atoms with van der Waals surface area (Å²) < 4.78 is 11.3. The van der Waals surface area contributed by atoms with Crippen molar-refractivity contribution in [1.29, 1.82) is 0 Å². The lowest BCUT2D eigenvalue weighted by Crippen LogP contribution is -2.33. The second kappa shape index (κ2) is 11.2. The van der Waals surface area contributed by atoms with Gasteiger partial charge in [-0.2, -0.15) is 0 Å². The molecule has 1 aliphatic carbocycles. The molecule has 0 radical (unpaired) electrons. The first-order chi connectivity index (χ1) is 18.8. The molecular weight excluding hydrogens is 488 g/mol. The molecule has 2 aromatic carbocycles. The molecule has 5 rings (SSSR count). The minimum atomic E-state index is -0.331. The normalized spacial score (nSPS) is 17.8. The summed E-state index contributed by atoms with van der Waals surface area (Å²) in [5.41, 5.74) is 5.63. The Kier molecular flexibility index (Phi) is 7.74. The molecule has 3 aromatic rings. The predicted octanol–water partition coefficient (Wildman–Crippen LogP) is 7.82. The number of unbranched alkanes of at least 4 members (excludes halogenated alkanes) is 4. The summed E-state index contributed by atoms with van der Waals surface area (Å²) in [5.74, 6) is 0.784. The van der Waals surface area contributed by atoms with Crippen molar-refractivity contribution in [3.05, 3.63) is 65.4 Å². The van der Waals surface area contributed by atoms with E-state index in [1.165, 1.54) is 12.8 Å². The number of aromatic nitrogens is 1. The van der Waals surface area contributed by atoms with Gasteiger partial charge in [0.2, 0.25) is 0 Å². The number of methoxy groups -OCH3 is 1. The summed E-state index contributed by atoms with van der Waals surface area (Å²) in [6.45, 7) is 6.49. The third kappa shape index (κ3) is 5.56. The van der Waals surface area contributed by atoms with Crippen LogP contribution in [0, 0.1) is 5.41 Å². The van der Waals surface area contributed by atoms with Crippen molar-refractivity contribution in [2.45, 2.75) is 78.2 Å². The van der Waals surface area contributed by atoms with Gasteiger partial charge in [-0.05, 0) is 59.7 Å². The summed E-state index contributed by atoms with van der Waals surface area (Å²) in [7, 11) is 1.57. The van der Waals surface area contributed by atoms with Gasteiger partial charge in [-0.15, -0.1) is 0 Å². The van der Waals surface area contributed by atoms with Crippen LogP contribution in [0.5, 0.6) is 11.5 Å². The Morgan fingerprint density at radius 1 is 1.05 bits per heavy atom. The van der Waals surface area contributed by atoms with E-state index in [9.17, 15) is 9.59 Å². The van der Waals surface area contributed by atoms with E-state index in [0.29, 0.717) is 24.3 Å². The molecule has 1 N–H and O–H groups in total. The van der Waals surface area contributed by atoms with Gasteiger partial charge in [-0.3, -0.25) is 14.6 Å². The summed E-state index contributed by atoms with van der Waals surface area (Å²) in [5, 5.41) is 4.70. The molecule has 0 saturated heterocycles. The standard InChI is InChI=1S/C33H38N2O4/c1-5-6-7-8-9-12-29(37)39-27-16-13-21(18-28(27)38-4)32-31-23(19-33(2,3)20-26(31)36)30-22-11-10-17-34-24(22)14-15-25(30)35-32/h10-11,13-18,32,35H,5-9,12,19-20H2,1-4H3/t32-/m0/s1. The van der Waals surface area contributed by atoms with E-state index < -0.39 is 0 Å². The second-order valence-electron chi connectivity index (χ2n) is 11.5. The molecule has 39 heavy (non-hydrogen) atoms. The number of nitrogens with zero attached hydrogens (tertiary/aromatic N) is 1. The van der Waals surface area contributed by atoms with Gasteiger partial charge in [0.05, 0.1) is 18.7 Å².